The number of hydrogen-bond donors (Lipinski definition) is 0. The first-order valence-corrected chi connectivity index (χ1v) is 11.2. The number of benzene rings is 3. The number of nitriles is 1. The number of aromatic nitrogens is 2. The van der Waals surface area contributed by atoms with Gasteiger partial charge >= 0.3 is 0 Å². The Bertz CT molecular complexity index is 1430. The summed E-state index contributed by atoms with van der Waals surface area (Å²) < 4.78 is 41.2. The Kier molecular flexibility index (Phi) is 5.71. The van der Waals surface area contributed by atoms with Gasteiger partial charge in [0, 0.05) is 17.3 Å². The fourth-order valence-electron chi connectivity index (χ4n) is 3.19. The maximum absolute atomic E-state index is 13.5. The van der Waals surface area contributed by atoms with Crippen molar-refractivity contribution in [3.8, 4) is 23.0 Å². The average Bonchev–Trinajstić information content (AvgIpc) is 3.22. The number of hydrogen-bond acceptors (Lipinski definition) is 4. The summed E-state index contributed by atoms with van der Waals surface area (Å²) in [7, 11) is -4.02. The van der Waals surface area contributed by atoms with Crippen LogP contribution in [0.1, 0.15) is 11.1 Å². The second kappa shape index (κ2) is 8.61. The van der Waals surface area contributed by atoms with Crippen molar-refractivity contribution in [3.05, 3.63) is 107 Å². The minimum atomic E-state index is -4.02. The highest BCUT2D eigenvalue weighted by Crippen LogP contribution is 2.28. The second-order valence-electron chi connectivity index (χ2n) is 7.16. The largest absolute Gasteiger partial charge is 0.240 e. The maximum atomic E-state index is 13.5. The van der Waals surface area contributed by atoms with Crippen molar-refractivity contribution in [2.24, 2.45) is 0 Å². The summed E-state index contributed by atoms with van der Waals surface area (Å²) in [5.74, 6) is -0.395. The van der Waals surface area contributed by atoms with Crippen LogP contribution in [0.25, 0.3) is 23.0 Å². The lowest BCUT2D eigenvalue weighted by atomic mass is 10.1. The van der Waals surface area contributed by atoms with Gasteiger partial charge in [-0.1, -0.05) is 35.9 Å². The van der Waals surface area contributed by atoms with Crippen LogP contribution in [-0.2, 0) is 9.84 Å². The lowest BCUT2D eigenvalue weighted by Gasteiger charge is -2.04. The molecule has 0 saturated heterocycles. The van der Waals surface area contributed by atoms with Crippen LogP contribution >= 0.6 is 0 Å². The molecule has 0 saturated carbocycles. The molecule has 0 atom stereocenters. The summed E-state index contributed by atoms with van der Waals surface area (Å²) in [6, 6.07) is 23.1. The van der Waals surface area contributed by atoms with Crippen LogP contribution < -0.4 is 0 Å². The molecule has 0 N–H and O–H groups in total. The lowest BCUT2D eigenvalue weighted by molar-refractivity contribution is 0.603. The highest BCUT2D eigenvalue weighted by Gasteiger charge is 2.22. The first-order valence-electron chi connectivity index (χ1n) is 9.73. The molecular formula is C25H18FN3O2S. The topological polar surface area (TPSA) is 75.8 Å². The highest BCUT2D eigenvalue weighted by atomic mass is 32.2. The molecule has 0 aliphatic rings. The molecule has 0 fully saturated rings. The van der Waals surface area contributed by atoms with Gasteiger partial charge < -0.3 is 0 Å². The van der Waals surface area contributed by atoms with E-state index in [1.54, 1.807) is 35.1 Å². The van der Waals surface area contributed by atoms with Gasteiger partial charge in [0.1, 0.15) is 22.5 Å². The average molecular weight is 444 g/mol. The van der Waals surface area contributed by atoms with E-state index in [9.17, 15) is 18.1 Å². The third-order valence-corrected chi connectivity index (χ3v) is 6.58. The third-order valence-electron chi connectivity index (χ3n) is 4.90. The molecule has 4 aromatic rings. The highest BCUT2D eigenvalue weighted by molar-refractivity contribution is 7.95. The molecule has 32 heavy (non-hydrogen) atoms. The molecule has 0 aliphatic carbocycles. The minimum absolute atomic E-state index is 0.0367. The predicted molar refractivity (Wildman–Crippen MR) is 121 cm³/mol. The fraction of sp³-hybridized carbons (Fsp3) is 0.0400. The SMILES string of the molecule is Cc1ccc(S(=O)(=O)C(C#N)=Cc2cn(-c3ccccc3)nc2-c2ccc(F)cc2)cc1. The molecule has 1 heterocycles. The Labute approximate surface area is 185 Å². The van der Waals surface area contributed by atoms with Gasteiger partial charge in [-0.15, -0.1) is 0 Å². The van der Waals surface area contributed by atoms with Gasteiger partial charge in [0.25, 0.3) is 0 Å². The van der Waals surface area contributed by atoms with Gasteiger partial charge in [0.05, 0.1) is 10.6 Å². The van der Waals surface area contributed by atoms with Crippen molar-refractivity contribution >= 4 is 15.9 Å². The van der Waals surface area contributed by atoms with Crippen LogP contribution in [0.3, 0.4) is 0 Å². The summed E-state index contributed by atoms with van der Waals surface area (Å²) in [4.78, 5) is -0.369. The van der Waals surface area contributed by atoms with Crippen LogP contribution in [-0.4, -0.2) is 18.2 Å². The first-order chi connectivity index (χ1) is 15.4. The summed E-state index contributed by atoms with van der Waals surface area (Å²) >= 11 is 0. The first kappa shape index (κ1) is 21.2. The summed E-state index contributed by atoms with van der Waals surface area (Å²) in [5.41, 5.74) is 3.12. The zero-order valence-electron chi connectivity index (χ0n) is 17.1. The van der Waals surface area contributed by atoms with E-state index in [1.807, 2.05) is 43.3 Å². The Morgan fingerprint density at radius 2 is 1.66 bits per heavy atom. The zero-order chi connectivity index (χ0) is 22.7. The number of aryl methyl sites for hydroxylation is 1. The number of nitrogens with zero attached hydrogens (tertiary/aromatic N) is 3. The summed E-state index contributed by atoms with van der Waals surface area (Å²) in [5, 5.41) is 14.3. The molecule has 0 unspecified atom stereocenters. The van der Waals surface area contributed by atoms with Crippen molar-refractivity contribution in [1.82, 2.24) is 9.78 Å². The molecule has 0 spiro atoms. The van der Waals surface area contributed by atoms with E-state index in [0.29, 0.717) is 16.8 Å². The molecule has 158 valence electrons. The number of para-hydroxylation sites is 1. The van der Waals surface area contributed by atoms with Crippen molar-refractivity contribution in [1.29, 1.82) is 5.26 Å². The van der Waals surface area contributed by atoms with Crippen LogP contribution in [0.5, 0.6) is 0 Å². The number of sulfone groups is 1. The monoisotopic (exact) mass is 443 g/mol. The summed E-state index contributed by atoms with van der Waals surface area (Å²) in [6.07, 6.45) is 2.95. The molecule has 0 aliphatic heterocycles. The van der Waals surface area contributed by atoms with Gasteiger partial charge in [-0.3, -0.25) is 0 Å². The van der Waals surface area contributed by atoms with Crippen LogP contribution in [0.2, 0.25) is 0 Å². The normalized spacial score (nSPS) is 11.8. The van der Waals surface area contributed by atoms with E-state index in [2.05, 4.69) is 5.10 Å². The molecule has 0 bridgehead atoms. The molecule has 0 amide bonds. The smallest absolute Gasteiger partial charge is 0.216 e. The molecule has 5 nitrogen and oxygen atoms in total. The van der Waals surface area contributed by atoms with E-state index in [1.165, 1.54) is 30.3 Å². The Hall–Kier alpha value is -4.02. The number of halogens is 1. The van der Waals surface area contributed by atoms with E-state index in [-0.39, 0.29) is 4.90 Å². The van der Waals surface area contributed by atoms with Gasteiger partial charge in [0.15, 0.2) is 0 Å². The number of allylic oxidation sites excluding steroid dienone is 1. The Balaban J connectivity index is 1.88. The molecule has 1 aromatic heterocycles. The number of rotatable bonds is 5. The van der Waals surface area contributed by atoms with Crippen LogP contribution in [0.15, 0.2) is 94.9 Å². The molecule has 7 heteroatoms. The van der Waals surface area contributed by atoms with E-state index in [0.717, 1.165) is 11.3 Å². The standard InChI is InChI=1S/C25H18FN3O2S/c1-18-7-13-23(14-8-18)32(30,31)24(16-27)15-20-17-29(22-5-3-2-4-6-22)28-25(20)19-9-11-21(26)12-10-19/h2-15,17H,1H3. The van der Waals surface area contributed by atoms with E-state index >= 15 is 0 Å². The van der Waals surface area contributed by atoms with Crippen LogP contribution in [0.4, 0.5) is 4.39 Å². The molecular weight excluding hydrogens is 425 g/mol. The van der Waals surface area contributed by atoms with E-state index in [4.69, 9.17) is 0 Å². The van der Waals surface area contributed by atoms with Crippen molar-refractivity contribution in [3.63, 3.8) is 0 Å². The summed E-state index contributed by atoms with van der Waals surface area (Å²) in [6.45, 7) is 1.85. The van der Waals surface area contributed by atoms with E-state index < -0.39 is 20.6 Å². The lowest BCUT2D eigenvalue weighted by Crippen LogP contribution is -2.03. The van der Waals surface area contributed by atoms with Gasteiger partial charge in [-0.05, 0) is 61.5 Å². The second-order valence-corrected chi connectivity index (χ2v) is 9.08. The van der Waals surface area contributed by atoms with Crippen molar-refractivity contribution in [2.75, 3.05) is 0 Å². The molecule has 4 rings (SSSR count). The Morgan fingerprint density at radius 3 is 2.28 bits per heavy atom. The van der Waals surface area contributed by atoms with Gasteiger partial charge in [-0.2, -0.15) is 10.4 Å². The molecule has 0 radical (unpaired) electrons. The van der Waals surface area contributed by atoms with Crippen molar-refractivity contribution in [2.45, 2.75) is 11.8 Å². The predicted octanol–water partition coefficient (Wildman–Crippen LogP) is 5.33. The Morgan fingerprint density at radius 1 is 1.00 bits per heavy atom. The van der Waals surface area contributed by atoms with Gasteiger partial charge in [0.2, 0.25) is 9.84 Å². The van der Waals surface area contributed by atoms with Crippen molar-refractivity contribution < 1.29 is 12.8 Å². The molecule has 3 aromatic carbocycles. The van der Waals surface area contributed by atoms with Crippen LogP contribution in [0, 0.1) is 24.1 Å². The minimum Gasteiger partial charge on any atom is -0.240 e. The quantitative estimate of drug-likeness (QED) is 0.391. The fourth-order valence-corrected chi connectivity index (χ4v) is 4.34. The van der Waals surface area contributed by atoms with Gasteiger partial charge in [-0.25, -0.2) is 17.5 Å². The maximum Gasteiger partial charge on any atom is 0.216 e. The zero-order valence-corrected chi connectivity index (χ0v) is 17.9. The third kappa shape index (κ3) is 4.22.